The van der Waals surface area contributed by atoms with E-state index in [9.17, 15) is 13.3 Å². The van der Waals surface area contributed by atoms with E-state index in [1.807, 2.05) is 56.3 Å². The van der Waals surface area contributed by atoms with Gasteiger partial charge in [-0.05, 0) is 37.7 Å². The van der Waals surface area contributed by atoms with Gasteiger partial charge in [-0.1, -0.05) is 90.5 Å². The fourth-order valence-corrected chi connectivity index (χ4v) is 6.12. The Morgan fingerprint density at radius 3 is 2.05 bits per heavy atom. The summed E-state index contributed by atoms with van der Waals surface area (Å²) in [5.74, 6) is -1.94. The van der Waals surface area contributed by atoms with Crippen molar-refractivity contribution in [1.29, 1.82) is 0 Å². The van der Waals surface area contributed by atoms with Crippen molar-refractivity contribution in [1.82, 2.24) is 15.0 Å². The molecule has 0 fully saturated rings. The number of aromatic nitrogens is 3. The first-order chi connectivity index (χ1) is 18.3. The van der Waals surface area contributed by atoms with Crippen molar-refractivity contribution in [3.63, 3.8) is 0 Å². The molecule has 5 nitrogen and oxygen atoms in total. The Hall–Kier alpha value is -3.53. The third-order valence-electron chi connectivity index (χ3n) is 6.20. The topological polar surface area (TPSA) is 69.8 Å². The fourth-order valence-electron chi connectivity index (χ4n) is 4.07. The van der Waals surface area contributed by atoms with Crippen molar-refractivity contribution >= 4 is 23.7 Å². The summed E-state index contributed by atoms with van der Waals surface area (Å²) < 4.78 is 42.2. The summed E-state index contributed by atoms with van der Waals surface area (Å²) >= 11 is 0. The van der Waals surface area contributed by atoms with E-state index >= 15 is 0 Å². The van der Waals surface area contributed by atoms with E-state index in [0.717, 1.165) is 6.07 Å². The van der Waals surface area contributed by atoms with Gasteiger partial charge in [0.2, 0.25) is 0 Å². The molecule has 3 aromatic heterocycles. The van der Waals surface area contributed by atoms with E-state index in [1.54, 1.807) is 54.6 Å². The summed E-state index contributed by atoms with van der Waals surface area (Å²) in [6, 6.07) is 32.3. The van der Waals surface area contributed by atoms with Crippen LogP contribution in [0.1, 0.15) is 25.2 Å². The van der Waals surface area contributed by atoms with Crippen LogP contribution in [0.3, 0.4) is 0 Å². The third kappa shape index (κ3) is 5.90. The minimum absolute atomic E-state index is 0. The summed E-state index contributed by atoms with van der Waals surface area (Å²) in [7, 11) is -3.51. The van der Waals surface area contributed by atoms with Gasteiger partial charge in [0.15, 0.2) is 0 Å². The van der Waals surface area contributed by atoms with E-state index < -0.39 is 24.6 Å². The molecule has 0 saturated heterocycles. The first kappa shape index (κ1) is 28.5. The maximum absolute atomic E-state index is 14.6. The Bertz CT molecular complexity index is 1640. The molecule has 0 N–H and O–H groups in total. The monoisotopic (exact) mass is 719 g/mol. The van der Waals surface area contributed by atoms with Gasteiger partial charge in [0.25, 0.3) is 0 Å². The van der Waals surface area contributed by atoms with Crippen LogP contribution in [-0.4, -0.2) is 15.0 Å². The van der Waals surface area contributed by atoms with E-state index in [2.05, 4.69) is 16.0 Å². The van der Waals surface area contributed by atoms with E-state index in [0.29, 0.717) is 27.8 Å². The summed E-state index contributed by atoms with van der Waals surface area (Å²) in [5, 5.41) is 5.26. The molecule has 0 amide bonds. The standard InChI is InChI=1S/C30H23F2N4OP.Pt/c1-30(2,25-16-9-15-24(33-25)23-19-20-27(31)35-29(23)32)26-17-10-18-28(34-26)38(37,22-13-7-4-8-14-22)36-21-11-5-3-6-12-21;/h3-18,20H,1-2H3;/q-2;+2. The first-order valence-electron chi connectivity index (χ1n) is 11.9. The Kier molecular flexibility index (Phi) is 8.54. The largest absolute Gasteiger partial charge is 2.00 e. The molecule has 198 valence electrons. The van der Waals surface area contributed by atoms with Gasteiger partial charge in [-0.15, -0.1) is 11.8 Å². The Morgan fingerprint density at radius 2 is 1.38 bits per heavy atom. The van der Waals surface area contributed by atoms with Gasteiger partial charge in [-0.2, -0.15) is 0 Å². The molecule has 3 heterocycles. The Labute approximate surface area is 240 Å². The zero-order valence-electron chi connectivity index (χ0n) is 21.0. The maximum Gasteiger partial charge on any atom is 2.00 e. The first-order valence-corrected chi connectivity index (χ1v) is 13.6. The quantitative estimate of drug-likeness (QED) is 0.105. The van der Waals surface area contributed by atoms with Crippen LogP contribution in [0.5, 0.6) is 0 Å². The van der Waals surface area contributed by atoms with Crippen LogP contribution in [-0.2, 0) is 31.0 Å². The summed E-state index contributed by atoms with van der Waals surface area (Å²) in [5.41, 5.74) is 1.62. The molecule has 0 radical (unpaired) electrons. The molecule has 0 aliphatic rings. The molecule has 9 heteroatoms. The summed E-state index contributed by atoms with van der Waals surface area (Å²) in [6.07, 6.45) is 0. The van der Waals surface area contributed by atoms with Crippen molar-refractivity contribution in [2.45, 2.75) is 19.3 Å². The van der Waals surface area contributed by atoms with Gasteiger partial charge >= 0.3 is 21.1 Å². The molecule has 0 aliphatic heterocycles. The fraction of sp³-hybridized carbons (Fsp3) is 0.100. The van der Waals surface area contributed by atoms with Crippen LogP contribution in [0.4, 0.5) is 14.5 Å². The van der Waals surface area contributed by atoms with Crippen LogP contribution in [0.25, 0.3) is 16.3 Å². The molecule has 0 spiro atoms. The van der Waals surface area contributed by atoms with Crippen LogP contribution in [0.2, 0.25) is 0 Å². The minimum atomic E-state index is -3.51. The molecule has 5 aromatic rings. The Morgan fingerprint density at radius 1 is 0.769 bits per heavy atom. The predicted molar refractivity (Wildman–Crippen MR) is 145 cm³/mol. The summed E-state index contributed by atoms with van der Waals surface area (Å²) in [4.78, 5) is 12.7. The molecule has 39 heavy (non-hydrogen) atoms. The van der Waals surface area contributed by atoms with Crippen LogP contribution >= 0.6 is 7.29 Å². The van der Waals surface area contributed by atoms with E-state index in [4.69, 9.17) is 10.1 Å². The van der Waals surface area contributed by atoms with Crippen molar-refractivity contribution in [3.05, 3.63) is 138 Å². The molecule has 5 rings (SSSR count). The number of hydrogen-bond donors (Lipinski definition) is 0. The smallest absolute Gasteiger partial charge is 0.620 e. The molecule has 0 bridgehead atoms. The number of hydrogen-bond acceptors (Lipinski definition) is 4. The third-order valence-corrected chi connectivity index (χ3v) is 8.58. The number of rotatable bonds is 7. The van der Waals surface area contributed by atoms with Gasteiger partial charge in [-0.3, -0.25) is 4.98 Å². The second kappa shape index (κ2) is 11.7. The molecule has 2 aromatic carbocycles. The molecular formula is C30H23F2N4OPPt. The number of pyridine rings is 3. The van der Waals surface area contributed by atoms with Gasteiger partial charge in [0.1, 0.15) is 11.9 Å². The van der Waals surface area contributed by atoms with Crippen molar-refractivity contribution in [2.24, 2.45) is 0 Å². The summed E-state index contributed by atoms with van der Waals surface area (Å²) in [6.45, 7) is 3.85. The normalized spacial score (nSPS) is 12.7. The molecular weight excluding hydrogens is 696 g/mol. The number of halogens is 2. The van der Waals surface area contributed by atoms with Crippen LogP contribution < -0.4 is 10.7 Å². The van der Waals surface area contributed by atoms with Crippen molar-refractivity contribution in [2.75, 3.05) is 0 Å². The van der Waals surface area contributed by atoms with Gasteiger partial charge < -0.3 is 14.6 Å². The van der Waals surface area contributed by atoms with Gasteiger partial charge in [-0.25, -0.2) is 13.8 Å². The molecule has 1 atom stereocenters. The Balaban J connectivity index is 0.00000353. The number of nitrogens with zero attached hydrogens (tertiary/aromatic N) is 4. The van der Waals surface area contributed by atoms with Crippen molar-refractivity contribution in [3.8, 4) is 11.3 Å². The predicted octanol–water partition coefficient (Wildman–Crippen LogP) is 6.87. The molecule has 0 aliphatic carbocycles. The maximum atomic E-state index is 14.6. The average Bonchev–Trinajstić information content (AvgIpc) is 2.94. The van der Waals surface area contributed by atoms with E-state index in [1.165, 1.54) is 0 Å². The van der Waals surface area contributed by atoms with Gasteiger partial charge in [0.05, 0.1) is 18.4 Å². The number of benzene rings is 2. The second-order valence-electron chi connectivity index (χ2n) is 9.15. The zero-order valence-corrected chi connectivity index (χ0v) is 24.2. The van der Waals surface area contributed by atoms with E-state index in [-0.39, 0.29) is 32.3 Å². The SMILES string of the molecule is CC(C)(c1cccc(-c2[c-]cc(F)nc2F)n1)c1cccc(P(=O)([N-]c2ccccc2)c2ccccc2)n1.[Pt+2]. The molecule has 0 saturated carbocycles. The minimum Gasteiger partial charge on any atom is -0.620 e. The van der Waals surface area contributed by atoms with Crippen molar-refractivity contribution < 1.29 is 34.4 Å². The average molecular weight is 720 g/mol. The van der Waals surface area contributed by atoms with Crippen LogP contribution in [0, 0.1) is 18.0 Å². The molecule has 1 unspecified atom stereocenters. The van der Waals surface area contributed by atoms with Gasteiger partial charge in [0, 0.05) is 16.4 Å². The van der Waals surface area contributed by atoms with Crippen LogP contribution in [0.15, 0.2) is 103 Å². The zero-order chi connectivity index (χ0) is 26.8. The second-order valence-corrected chi connectivity index (χ2v) is 11.5.